The third-order valence-corrected chi connectivity index (χ3v) is 2.60. The molecule has 1 N–H and O–H groups in total. The Morgan fingerprint density at radius 2 is 2.20 bits per heavy atom. The topological polar surface area (TPSA) is 107 Å². The van der Waals surface area contributed by atoms with Gasteiger partial charge in [0, 0.05) is 7.05 Å². The van der Waals surface area contributed by atoms with E-state index in [4.69, 9.17) is 9.84 Å². The molecule has 1 aromatic carbocycles. The lowest BCUT2D eigenvalue weighted by atomic mass is 10.1. The number of carboxylic acid groups (broad SMARTS) is 1. The fraction of sp³-hybridized carbons (Fsp3) is 0.167. The summed E-state index contributed by atoms with van der Waals surface area (Å²) in [7, 11) is 1.54. The van der Waals surface area contributed by atoms with Crippen LogP contribution in [0.4, 0.5) is 5.69 Å². The summed E-state index contributed by atoms with van der Waals surface area (Å²) in [5.74, 6) is -0.871. The Labute approximate surface area is 113 Å². The fourth-order valence-corrected chi connectivity index (χ4v) is 1.65. The van der Waals surface area contributed by atoms with Crippen molar-refractivity contribution in [1.29, 1.82) is 0 Å². The molecule has 1 aromatic heterocycles. The lowest BCUT2D eigenvalue weighted by molar-refractivity contribution is -0.385. The smallest absolute Gasteiger partial charge is 0.350 e. The maximum absolute atomic E-state index is 10.8. The van der Waals surface area contributed by atoms with Crippen LogP contribution in [0.15, 0.2) is 24.4 Å². The number of hydrogen-bond donors (Lipinski definition) is 1. The number of aromatic nitrogens is 2. The second-order valence-corrected chi connectivity index (χ2v) is 4.14. The van der Waals surface area contributed by atoms with Crippen LogP contribution >= 0.6 is 0 Å². The highest BCUT2D eigenvalue weighted by Gasteiger charge is 2.21. The molecule has 0 bridgehead atoms. The molecule has 0 spiro atoms. The third-order valence-electron chi connectivity index (χ3n) is 2.60. The van der Waals surface area contributed by atoms with Gasteiger partial charge in [-0.3, -0.25) is 14.8 Å². The van der Waals surface area contributed by atoms with Gasteiger partial charge in [0.1, 0.15) is 11.9 Å². The zero-order valence-electron chi connectivity index (χ0n) is 10.7. The van der Waals surface area contributed by atoms with Crippen molar-refractivity contribution >= 4 is 11.7 Å². The van der Waals surface area contributed by atoms with E-state index in [-0.39, 0.29) is 17.1 Å². The molecule has 0 aliphatic heterocycles. The molecule has 0 saturated heterocycles. The van der Waals surface area contributed by atoms with Crippen LogP contribution in [0.1, 0.15) is 15.9 Å². The van der Waals surface area contributed by atoms with Crippen LogP contribution in [-0.2, 0) is 7.05 Å². The molecule has 0 unspecified atom stereocenters. The summed E-state index contributed by atoms with van der Waals surface area (Å²) in [6, 6.07) is 4.23. The van der Waals surface area contributed by atoms with Gasteiger partial charge >= 0.3 is 17.5 Å². The first-order valence-electron chi connectivity index (χ1n) is 5.58. The van der Waals surface area contributed by atoms with E-state index < -0.39 is 10.9 Å². The van der Waals surface area contributed by atoms with Crippen molar-refractivity contribution in [2.24, 2.45) is 7.05 Å². The number of rotatable bonds is 4. The van der Waals surface area contributed by atoms with Gasteiger partial charge in [0.25, 0.3) is 0 Å². The molecule has 104 valence electrons. The van der Waals surface area contributed by atoms with Crippen LogP contribution in [0.25, 0.3) is 0 Å². The maximum atomic E-state index is 10.8. The Kier molecular flexibility index (Phi) is 3.38. The van der Waals surface area contributed by atoms with Gasteiger partial charge in [-0.1, -0.05) is 0 Å². The summed E-state index contributed by atoms with van der Waals surface area (Å²) in [4.78, 5) is 21.1. The molecule has 0 saturated carbocycles. The van der Waals surface area contributed by atoms with Crippen molar-refractivity contribution in [3.05, 3.63) is 45.6 Å². The largest absolute Gasteiger partial charge is 0.478 e. The van der Waals surface area contributed by atoms with Crippen LogP contribution < -0.4 is 4.74 Å². The predicted molar refractivity (Wildman–Crippen MR) is 68.1 cm³/mol. The van der Waals surface area contributed by atoms with Gasteiger partial charge in [0.05, 0.1) is 10.5 Å². The van der Waals surface area contributed by atoms with Gasteiger partial charge in [0.15, 0.2) is 0 Å². The Bertz CT molecular complexity index is 692. The summed E-state index contributed by atoms with van der Waals surface area (Å²) < 4.78 is 6.66. The second kappa shape index (κ2) is 5.00. The highest BCUT2D eigenvalue weighted by molar-refractivity contribution is 5.88. The molecule has 0 radical (unpaired) electrons. The number of ether oxygens (including phenoxy) is 1. The van der Waals surface area contributed by atoms with Crippen LogP contribution in [0, 0.1) is 17.0 Å². The van der Waals surface area contributed by atoms with Crippen molar-refractivity contribution in [2.75, 3.05) is 0 Å². The summed E-state index contributed by atoms with van der Waals surface area (Å²) in [6.45, 7) is 1.65. The minimum Gasteiger partial charge on any atom is -0.478 e. The average molecular weight is 277 g/mol. The lowest BCUT2D eigenvalue weighted by Crippen LogP contribution is -1.98. The summed E-state index contributed by atoms with van der Waals surface area (Å²) >= 11 is 0. The highest BCUT2D eigenvalue weighted by atomic mass is 16.6. The predicted octanol–water partition coefficient (Wildman–Crippen LogP) is 2.13. The maximum Gasteiger partial charge on any atom is 0.350 e. The highest BCUT2D eigenvalue weighted by Crippen LogP contribution is 2.31. The number of hydrogen-bond acceptors (Lipinski definition) is 5. The van der Waals surface area contributed by atoms with E-state index in [1.165, 1.54) is 29.1 Å². The molecule has 2 rings (SSSR count). The summed E-state index contributed by atoms with van der Waals surface area (Å²) in [6.07, 6.45) is 1.23. The molecule has 0 atom stereocenters. The minimum absolute atomic E-state index is 0.116. The Hall–Kier alpha value is -2.90. The number of carboxylic acids is 1. The van der Waals surface area contributed by atoms with Crippen LogP contribution in [0.5, 0.6) is 11.6 Å². The van der Waals surface area contributed by atoms with Crippen LogP contribution in [0.2, 0.25) is 0 Å². The van der Waals surface area contributed by atoms with Crippen molar-refractivity contribution in [3.63, 3.8) is 0 Å². The zero-order valence-corrected chi connectivity index (χ0v) is 10.7. The van der Waals surface area contributed by atoms with Crippen molar-refractivity contribution in [1.82, 2.24) is 9.78 Å². The molecular weight excluding hydrogens is 266 g/mol. The van der Waals surface area contributed by atoms with E-state index in [1.807, 2.05) is 0 Å². The van der Waals surface area contributed by atoms with Crippen molar-refractivity contribution in [2.45, 2.75) is 6.92 Å². The molecule has 8 heteroatoms. The number of nitro groups is 1. The van der Waals surface area contributed by atoms with E-state index in [0.29, 0.717) is 11.3 Å². The van der Waals surface area contributed by atoms with E-state index in [2.05, 4.69) is 5.10 Å². The molecule has 0 fully saturated rings. The second-order valence-electron chi connectivity index (χ2n) is 4.14. The van der Waals surface area contributed by atoms with Gasteiger partial charge in [-0.05, 0) is 30.7 Å². The van der Waals surface area contributed by atoms with Crippen molar-refractivity contribution < 1.29 is 19.6 Å². The van der Waals surface area contributed by atoms with Gasteiger partial charge in [-0.2, -0.15) is 0 Å². The molecule has 1 heterocycles. The zero-order chi connectivity index (χ0) is 14.9. The first-order chi connectivity index (χ1) is 9.38. The first-order valence-corrected chi connectivity index (χ1v) is 5.58. The molecule has 0 aliphatic carbocycles. The SMILES string of the molecule is Cc1cc(C(=O)O)ccc1Oc1nn(C)cc1[N+](=O)[O-]. The van der Waals surface area contributed by atoms with E-state index in [0.717, 1.165) is 0 Å². The number of nitrogens with zero attached hydrogens (tertiary/aromatic N) is 3. The van der Waals surface area contributed by atoms with E-state index >= 15 is 0 Å². The first kappa shape index (κ1) is 13.5. The van der Waals surface area contributed by atoms with E-state index in [1.54, 1.807) is 14.0 Å². The molecule has 0 aliphatic rings. The summed E-state index contributed by atoms with van der Waals surface area (Å²) in [5, 5.41) is 23.6. The quantitative estimate of drug-likeness (QED) is 0.677. The Balaban J connectivity index is 2.35. The Morgan fingerprint density at radius 1 is 1.50 bits per heavy atom. The Morgan fingerprint density at radius 3 is 2.75 bits per heavy atom. The molecule has 20 heavy (non-hydrogen) atoms. The van der Waals surface area contributed by atoms with E-state index in [9.17, 15) is 14.9 Å². The number of carbonyl (C=O) groups is 1. The number of aromatic carboxylic acids is 1. The molecule has 2 aromatic rings. The van der Waals surface area contributed by atoms with Crippen molar-refractivity contribution in [3.8, 4) is 11.6 Å². The molecule has 0 amide bonds. The van der Waals surface area contributed by atoms with Crippen LogP contribution in [0.3, 0.4) is 0 Å². The molecular formula is C12H11N3O5. The minimum atomic E-state index is -1.05. The van der Waals surface area contributed by atoms with Gasteiger partial charge in [-0.15, -0.1) is 5.10 Å². The molecule has 8 nitrogen and oxygen atoms in total. The fourth-order valence-electron chi connectivity index (χ4n) is 1.65. The normalized spacial score (nSPS) is 10.3. The lowest BCUT2D eigenvalue weighted by Gasteiger charge is -2.06. The van der Waals surface area contributed by atoms with Gasteiger partial charge in [0.2, 0.25) is 0 Å². The van der Waals surface area contributed by atoms with Crippen LogP contribution in [-0.4, -0.2) is 25.8 Å². The summed E-state index contributed by atoms with van der Waals surface area (Å²) in [5.41, 5.74) is 0.407. The monoisotopic (exact) mass is 277 g/mol. The van der Waals surface area contributed by atoms with Gasteiger partial charge < -0.3 is 9.84 Å². The standard InChI is InChI=1S/C12H11N3O5/c1-7-5-8(12(16)17)3-4-10(7)20-11-9(15(18)19)6-14(2)13-11/h3-6H,1-2H3,(H,16,17). The van der Waals surface area contributed by atoms with Gasteiger partial charge in [-0.25, -0.2) is 4.79 Å². The number of benzene rings is 1. The average Bonchev–Trinajstić information content (AvgIpc) is 2.73. The third kappa shape index (κ3) is 2.58. The number of aryl methyl sites for hydroxylation is 2.